The van der Waals surface area contributed by atoms with Crippen LogP contribution in [0.3, 0.4) is 0 Å². The molecule has 0 N–H and O–H groups in total. The van der Waals surface area contributed by atoms with Crippen LogP contribution in [0.25, 0.3) is 0 Å². The van der Waals surface area contributed by atoms with Gasteiger partial charge in [-0.15, -0.1) is 0 Å². The largest absolute Gasteiger partial charge is 0.303 e. The summed E-state index contributed by atoms with van der Waals surface area (Å²) in [6.07, 6.45) is 13.2. The van der Waals surface area contributed by atoms with Crippen LogP contribution < -0.4 is 0 Å². The molecule has 0 aromatic carbocycles. The molecule has 1 saturated heterocycles. The highest BCUT2D eigenvalue weighted by atomic mass is 16.1. The van der Waals surface area contributed by atoms with Gasteiger partial charge in [-0.2, -0.15) is 0 Å². The molecule has 108 valence electrons. The van der Waals surface area contributed by atoms with Crippen molar-refractivity contribution in [3.63, 3.8) is 0 Å². The minimum absolute atomic E-state index is 0.00992. The Morgan fingerprint density at radius 2 is 2.00 bits per heavy atom. The lowest BCUT2D eigenvalue weighted by molar-refractivity contribution is -0.120. The maximum atomic E-state index is 11.7. The van der Waals surface area contributed by atoms with Gasteiger partial charge in [-0.3, -0.25) is 4.90 Å². The molecular weight excluding hydrogens is 234 g/mol. The third-order valence-electron chi connectivity index (χ3n) is 6.02. The third-order valence-corrected chi connectivity index (χ3v) is 6.02. The lowest BCUT2D eigenvalue weighted by Gasteiger charge is -2.41. The van der Waals surface area contributed by atoms with E-state index < -0.39 is 0 Å². The Bertz CT molecular complexity index is 329. The second kappa shape index (κ2) is 5.55. The Hall–Kier alpha value is -0.370. The molecule has 2 heteroatoms. The summed E-state index contributed by atoms with van der Waals surface area (Å²) in [7, 11) is 0. The summed E-state index contributed by atoms with van der Waals surface area (Å²) in [6, 6.07) is 0.808. The van der Waals surface area contributed by atoms with Crippen LogP contribution in [0.15, 0.2) is 0 Å². The number of rotatable bonds is 3. The molecule has 0 aromatic heterocycles. The highest BCUT2D eigenvalue weighted by Gasteiger charge is 2.42. The fourth-order valence-electron chi connectivity index (χ4n) is 5.09. The van der Waals surface area contributed by atoms with Crippen molar-refractivity contribution in [2.75, 3.05) is 13.1 Å². The van der Waals surface area contributed by atoms with E-state index >= 15 is 0 Å². The summed E-state index contributed by atoms with van der Waals surface area (Å²) in [4.78, 5) is 14.4. The van der Waals surface area contributed by atoms with E-state index in [9.17, 15) is 4.79 Å². The van der Waals surface area contributed by atoms with Crippen molar-refractivity contribution in [1.29, 1.82) is 0 Å². The fraction of sp³-hybridized carbons (Fsp3) is 0.941. The van der Waals surface area contributed by atoms with Crippen LogP contribution in [0.5, 0.6) is 0 Å². The van der Waals surface area contributed by atoms with Gasteiger partial charge in [0, 0.05) is 18.0 Å². The first-order valence-corrected chi connectivity index (χ1v) is 8.43. The summed E-state index contributed by atoms with van der Waals surface area (Å²) in [5.74, 6) is 1.68. The molecular formula is C17H29NO. The van der Waals surface area contributed by atoms with Crippen LogP contribution in [0, 0.1) is 17.3 Å². The number of carbonyl (C=O) groups excluding carboxylic acids is 1. The molecule has 0 radical (unpaired) electrons. The van der Waals surface area contributed by atoms with E-state index in [1.54, 1.807) is 0 Å². The molecule has 0 aromatic rings. The Morgan fingerprint density at radius 1 is 1.16 bits per heavy atom. The zero-order chi connectivity index (χ0) is 13.3. The molecule has 0 amide bonds. The van der Waals surface area contributed by atoms with Gasteiger partial charge in [-0.05, 0) is 50.5 Å². The van der Waals surface area contributed by atoms with Gasteiger partial charge in [0.25, 0.3) is 0 Å². The molecule has 2 nitrogen and oxygen atoms in total. The number of nitrogens with zero attached hydrogens (tertiary/aromatic N) is 1. The Balaban J connectivity index is 1.67. The van der Waals surface area contributed by atoms with E-state index in [2.05, 4.69) is 11.8 Å². The minimum atomic E-state index is -0.00992. The van der Waals surface area contributed by atoms with Crippen molar-refractivity contribution >= 4 is 6.29 Å². The molecule has 2 saturated carbocycles. The number of aldehydes is 1. The molecule has 1 heterocycles. The van der Waals surface area contributed by atoms with Crippen molar-refractivity contribution < 1.29 is 4.79 Å². The molecule has 3 rings (SSSR count). The lowest BCUT2D eigenvalue weighted by atomic mass is 9.70. The van der Waals surface area contributed by atoms with Crippen LogP contribution in [0.4, 0.5) is 0 Å². The summed E-state index contributed by atoms with van der Waals surface area (Å²) >= 11 is 0. The summed E-state index contributed by atoms with van der Waals surface area (Å²) in [5, 5.41) is 0. The Kier molecular flexibility index (Phi) is 3.98. The smallest absolute Gasteiger partial charge is 0.127 e. The molecule has 1 aliphatic heterocycles. The van der Waals surface area contributed by atoms with Gasteiger partial charge < -0.3 is 4.79 Å². The van der Waals surface area contributed by atoms with Crippen LogP contribution in [-0.4, -0.2) is 30.3 Å². The van der Waals surface area contributed by atoms with E-state index in [0.29, 0.717) is 0 Å². The van der Waals surface area contributed by atoms with Gasteiger partial charge in [-0.1, -0.05) is 32.6 Å². The SMILES string of the molecule is CC1CCCC(C=O)(CN2CCC3CCCCC32)C1. The van der Waals surface area contributed by atoms with Crippen molar-refractivity contribution in [2.24, 2.45) is 17.3 Å². The normalized spacial score (nSPS) is 43.9. The molecule has 19 heavy (non-hydrogen) atoms. The topological polar surface area (TPSA) is 20.3 Å². The van der Waals surface area contributed by atoms with Gasteiger partial charge in [0.05, 0.1) is 0 Å². The highest BCUT2D eigenvalue weighted by Crippen LogP contribution is 2.42. The lowest BCUT2D eigenvalue weighted by Crippen LogP contribution is -2.45. The van der Waals surface area contributed by atoms with Crippen LogP contribution in [-0.2, 0) is 4.79 Å². The minimum Gasteiger partial charge on any atom is -0.303 e. The first-order chi connectivity index (χ1) is 9.22. The molecule has 3 fully saturated rings. The Morgan fingerprint density at radius 3 is 2.79 bits per heavy atom. The van der Waals surface area contributed by atoms with E-state index in [1.165, 1.54) is 57.8 Å². The van der Waals surface area contributed by atoms with Crippen molar-refractivity contribution in [3.05, 3.63) is 0 Å². The number of likely N-dealkylation sites (tertiary alicyclic amines) is 1. The maximum absolute atomic E-state index is 11.7. The van der Waals surface area contributed by atoms with Crippen LogP contribution >= 0.6 is 0 Å². The van der Waals surface area contributed by atoms with Crippen molar-refractivity contribution in [2.45, 2.75) is 70.8 Å². The molecule has 3 aliphatic rings. The summed E-state index contributed by atoms with van der Waals surface area (Å²) in [6.45, 7) is 4.63. The molecule has 2 aliphatic carbocycles. The average Bonchev–Trinajstić information content (AvgIpc) is 2.82. The average molecular weight is 263 g/mol. The van der Waals surface area contributed by atoms with Crippen molar-refractivity contribution in [3.8, 4) is 0 Å². The van der Waals surface area contributed by atoms with Crippen LogP contribution in [0.1, 0.15) is 64.7 Å². The second-order valence-electron chi connectivity index (χ2n) is 7.55. The first kappa shape index (κ1) is 13.6. The highest BCUT2D eigenvalue weighted by molar-refractivity contribution is 5.60. The van der Waals surface area contributed by atoms with Crippen LogP contribution in [0.2, 0.25) is 0 Å². The predicted molar refractivity (Wildman–Crippen MR) is 78.1 cm³/mol. The number of carbonyl (C=O) groups is 1. The monoisotopic (exact) mass is 263 g/mol. The van der Waals surface area contributed by atoms with Gasteiger partial charge in [0.15, 0.2) is 0 Å². The van der Waals surface area contributed by atoms with Gasteiger partial charge >= 0.3 is 0 Å². The van der Waals surface area contributed by atoms with E-state index in [-0.39, 0.29) is 5.41 Å². The third kappa shape index (κ3) is 2.74. The van der Waals surface area contributed by atoms with E-state index in [0.717, 1.165) is 37.3 Å². The number of hydrogen-bond donors (Lipinski definition) is 0. The molecule has 0 spiro atoms. The van der Waals surface area contributed by atoms with E-state index in [4.69, 9.17) is 0 Å². The predicted octanol–water partition coefficient (Wildman–Crippen LogP) is 3.65. The second-order valence-corrected chi connectivity index (χ2v) is 7.55. The Labute approximate surface area is 117 Å². The number of hydrogen-bond acceptors (Lipinski definition) is 2. The zero-order valence-electron chi connectivity index (χ0n) is 12.4. The molecule has 0 bridgehead atoms. The zero-order valence-corrected chi connectivity index (χ0v) is 12.4. The fourth-order valence-corrected chi connectivity index (χ4v) is 5.09. The summed E-state index contributed by atoms with van der Waals surface area (Å²) in [5.41, 5.74) is -0.00992. The summed E-state index contributed by atoms with van der Waals surface area (Å²) < 4.78 is 0. The van der Waals surface area contributed by atoms with E-state index in [1.807, 2.05) is 0 Å². The maximum Gasteiger partial charge on any atom is 0.127 e. The van der Waals surface area contributed by atoms with Gasteiger partial charge in [-0.25, -0.2) is 0 Å². The van der Waals surface area contributed by atoms with Gasteiger partial charge in [0.1, 0.15) is 6.29 Å². The molecule has 4 atom stereocenters. The quantitative estimate of drug-likeness (QED) is 0.724. The standard InChI is InChI=1S/C17H29NO/c1-14-5-4-9-17(11-14,13-19)12-18-10-8-15-6-2-3-7-16(15)18/h13-16H,2-12H2,1H3. The number of fused-ring (bicyclic) bond motifs is 1. The molecule has 4 unspecified atom stereocenters. The first-order valence-electron chi connectivity index (χ1n) is 8.43. The van der Waals surface area contributed by atoms with Gasteiger partial charge in [0.2, 0.25) is 0 Å². The van der Waals surface area contributed by atoms with Crippen molar-refractivity contribution in [1.82, 2.24) is 4.90 Å².